The summed E-state index contributed by atoms with van der Waals surface area (Å²) < 4.78 is 46.0. The summed E-state index contributed by atoms with van der Waals surface area (Å²) in [6.07, 6.45) is -1.20. The SMILES string of the molecule is FC(F)(F)Oc1ccc(-c2cc(CNCCN3CCN(c4ncccn4)CC3)on2)cc1. The van der Waals surface area contributed by atoms with Gasteiger partial charge in [0, 0.05) is 63.3 Å². The predicted molar refractivity (Wildman–Crippen MR) is 111 cm³/mol. The lowest BCUT2D eigenvalue weighted by Crippen LogP contribution is -2.48. The molecule has 3 aromatic rings. The first-order chi connectivity index (χ1) is 15.5. The summed E-state index contributed by atoms with van der Waals surface area (Å²) in [5, 5.41) is 7.32. The molecule has 1 aliphatic heterocycles. The van der Waals surface area contributed by atoms with E-state index in [0.717, 1.165) is 45.2 Å². The highest BCUT2D eigenvalue weighted by atomic mass is 19.4. The van der Waals surface area contributed by atoms with Crippen molar-refractivity contribution >= 4 is 5.95 Å². The summed E-state index contributed by atoms with van der Waals surface area (Å²) in [4.78, 5) is 13.1. The molecule has 1 saturated heterocycles. The van der Waals surface area contributed by atoms with Gasteiger partial charge < -0.3 is 19.5 Å². The van der Waals surface area contributed by atoms with E-state index in [1.807, 2.05) is 6.07 Å². The normalized spacial score (nSPS) is 15.2. The van der Waals surface area contributed by atoms with Crippen LogP contribution in [0.25, 0.3) is 11.3 Å². The molecule has 0 amide bonds. The second-order valence-electron chi connectivity index (χ2n) is 7.30. The molecule has 0 bridgehead atoms. The number of aromatic nitrogens is 3. The van der Waals surface area contributed by atoms with Crippen molar-refractivity contribution in [3.05, 3.63) is 54.6 Å². The van der Waals surface area contributed by atoms with Crippen LogP contribution in [-0.4, -0.2) is 65.7 Å². The van der Waals surface area contributed by atoms with Gasteiger partial charge in [-0.2, -0.15) is 0 Å². The van der Waals surface area contributed by atoms with Crippen molar-refractivity contribution in [1.29, 1.82) is 0 Å². The van der Waals surface area contributed by atoms with Gasteiger partial charge in [0.15, 0.2) is 5.76 Å². The molecule has 32 heavy (non-hydrogen) atoms. The summed E-state index contributed by atoms with van der Waals surface area (Å²) in [6.45, 7) is 5.89. The number of nitrogens with one attached hydrogen (secondary N) is 1. The zero-order valence-corrected chi connectivity index (χ0v) is 17.3. The van der Waals surface area contributed by atoms with Crippen molar-refractivity contribution < 1.29 is 22.4 Å². The first-order valence-electron chi connectivity index (χ1n) is 10.2. The molecule has 4 rings (SSSR count). The van der Waals surface area contributed by atoms with Gasteiger partial charge in [0.1, 0.15) is 11.4 Å². The lowest BCUT2D eigenvalue weighted by Gasteiger charge is -2.34. The second kappa shape index (κ2) is 9.96. The van der Waals surface area contributed by atoms with Crippen molar-refractivity contribution in [2.24, 2.45) is 0 Å². The van der Waals surface area contributed by atoms with Gasteiger partial charge in [0.25, 0.3) is 0 Å². The molecule has 3 heterocycles. The van der Waals surface area contributed by atoms with Gasteiger partial charge in [-0.3, -0.25) is 4.90 Å². The molecule has 0 spiro atoms. The molecule has 11 heteroatoms. The van der Waals surface area contributed by atoms with E-state index >= 15 is 0 Å². The molecule has 0 atom stereocenters. The zero-order valence-electron chi connectivity index (χ0n) is 17.3. The fraction of sp³-hybridized carbons (Fsp3) is 0.381. The van der Waals surface area contributed by atoms with E-state index in [2.05, 4.69) is 35.0 Å². The Labute approximate surface area is 183 Å². The highest BCUT2D eigenvalue weighted by Crippen LogP contribution is 2.26. The van der Waals surface area contributed by atoms with E-state index in [4.69, 9.17) is 4.52 Å². The van der Waals surface area contributed by atoms with Crippen LogP contribution in [0.4, 0.5) is 19.1 Å². The van der Waals surface area contributed by atoms with Crippen LogP contribution in [0, 0.1) is 0 Å². The van der Waals surface area contributed by atoms with E-state index in [-0.39, 0.29) is 5.75 Å². The summed E-state index contributed by atoms with van der Waals surface area (Å²) in [6, 6.07) is 9.10. The number of rotatable bonds is 8. The first-order valence-corrected chi connectivity index (χ1v) is 10.2. The fourth-order valence-electron chi connectivity index (χ4n) is 3.43. The molecule has 1 fully saturated rings. The number of alkyl halides is 3. The third kappa shape index (κ3) is 6.17. The third-order valence-electron chi connectivity index (χ3n) is 5.05. The number of anilines is 1. The minimum Gasteiger partial charge on any atom is -0.406 e. The van der Waals surface area contributed by atoms with Crippen molar-refractivity contribution in [2.75, 3.05) is 44.2 Å². The first kappa shape index (κ1) is 22.0. The molecule has 1 N–H and O–H groups in total. The monoisotopic (exact) mass is 448 g/mol. The second-order valence-corrected chi connectivity index (χ2v) is 7.30. The fourth-order valence-corrected chi connectivity index (χ4v) is 3.43. The minimum absolute atomic E-state index is 0.274. The molecule has 0 radical (unpaired) electrons. The minimum atomic E-state index is -4.71. The van der Waals surface area contributed by atoms with Gasteiger partial charge in [-0.15, -0.1) is 13.2 Å². The van der Waals surface area contributed by atoms with Crippen LogP contribution < -0.4 is 15.0 Å². The van der Waals surface area contributed by atoms with Gasteiger partial charge >= 0.3 is 6.36 Å². The molecule has 1 aliphatic rings. The van der Waals surface area contributed by atoms with Crippen LogP contribution in [0.5, 0.6) is 5.75 Å². The molecule has 1 aromatic carbocycles. The van der Waals surface area contributed by atoms with Crippen LogP contribution >= 0.6 is 0 Å². The summed E-state index contributed by atoms with van der Waals surface area (Å²) >= 11 is 0. The Kier molecular flexibility index (Phi) is 6.86. The number of nitrogens with zero attached hydrogens (tertiary/aromatic N) is 5. The highest BCUT2D eigenvalue weighted by Gasteiger charge is 2.31. The van der Waals surface area contributed by atoms with Crippen LogP contribution in [0.15, 0.2) is 53.3 Å². The Morgan fingerprint density at radius 3 is 2.44 bits per heavy atom. The third-order valence-corrected chi connectivity index (χ3v) is 5.05. The molecule has 2 aromatic heterocycles. The van der Waals surface area contributed by atoms with Gasteiger partial charge in [0.05, 0.1) is 6.54 Å². The maximum Gasteiger partial charge on any atom is 0.573 e. The predicted octanol–water partition coefficient (Wildman–Crippen LogP) is 2.94. The molecule has 0 saturated carbocycles. The maximum atomic E-state index is 12.3. The topological polar surface area (TPSA) is 79.5 Å². The van der Waals surface area contributed by atoms with Crippen molar-refractivity contribution in [3.8, 4) is 17.0 Å². The number of hydrogen-bond donors (Lipinski definition) is 1. The maximum absolute atomic E-state index is 12.3. The standard InChI is InChI=1S/C21H23F3N6O2/c22-21(23,24)31-17-4-2-16(3-5-17)19-14-18(32-28-19)15-25-8-9-29-10-12-30(13-11-29)20-26-6-1-7-27-20/h1-7,14,25H,8-13,15H2. The highest BCUT2D eigenvalue weighted by molar-refractivity contribution is 5.59. The number of hydrogen-bond acceptors (Lipinski definition) is 8. The van der Waals surface area contributed by atoms with Gasteiger partial charge in [-0.25, -0.2) is 9.97 Å². The quantitative estimate of drug-likeness (QED) is 0.527. The van der Waals surface area contributed by atoms with Crippen LogP contribution in [0.2, 0.25) is 0 Å². The largest absolute Gasteiger partial charge is 0.573 e. The van der Waals surface area contributed by atoms with Gasteiger partial charge in [-0.05, 0) is 30.3 Å². The number of piperazine rings is 1. The summed E-state index contributed by atoms with van der Waals surface area (Å²) in [5.41, 5.74) is 1.20. The summed E-state index contributed by atoms with van der Waals surface area (Å²) in [5.74, 6) is 1.15. The van der Waals surface area contributed by atoms with Crippen molar-refractivity contribution in [1.82, 2.24) is 25.3 Å². The van der Waals surface area contributed by atoms with E-state index < -0.39 is 6.36 Å². The molecular formula is C21H23F3N6O2. The van der Waals surface area contributed by atoms with E-state index in [0.29, 0.717) is 23.6 Å². The number of benzene rings is 1. The van der Waals surface area contributed by atoms with Crippen molar-refractivity contribution in [3.63, 3.8) is 0 Å². The molecule has 0 aliphatic carbocycles. The smallest absolute Gasteiger partial charge is 0.406 e. The Bertz CT molecular complexity index is 973. The Hall–Kier alpha value is -3.18. The Morgan fingerprint density at radius 1 is 1.03 bits per heavy atom. The van der Waals surface area contributed by atoms with E-state index in [1.54, 1.807) is 18.5 Å². The van der Waals surface area contributed by atoms with Crippen LogP contribution in [0.3, 0.4) is 0 Å². The van der Waals surface area contributed by atoms with Gasteiger partial charge in [0.2, 0.25) is 5.95 Å². The average molecular weight is 448 g/mol. The van der Waals surface area contributed by atoms with E-state index in [1.165, 1.54) is 24.3 Å². The van der Waals surface area contributed by atoms with Crippen LogP contribution in [-0.2, 0) is 6.54 Å². The number of ether oxygens (including phenoxy) is 1. The summed E-state index contributed by atoms with van der Waals surface area (Å²) in [7, 11) is 0. The molecular weight excluding hydrogens is 425 g/mol. The number of halogens is 3. The Balaban J connectivity index is 1.18. The molecule has 8 nitrogen and oxygen atoms in total. The molecule has 170 valence electrons. The lowest BCUT2D eigenvalue weighted by atomic mass is 10.1. The lowest BCUT2D eigenvalue weighted by molar-refractivity contribution is -0.274. The van der Waals surface area contributed by atoms with Crippen LogP contribution in [0.1, 0.15) is 5.76 Å². The molecule has 0 unspecified atom stereocenters. The van der Waals surface area contributed by atoms with E-state index in [9.17, 15) is 13.2 Å². The average Bonchev–Trinajstić information content (AvgIpc) is 3.26. The van der Waals surface area contributed by atoms with Crippen molar-refractivity contribution in [2.45, 2.75) is 12.9 Å². The van der Waals surface area contributed by atoms with Gasteiger partial charge in [-0.1, -0.05) is 5.16 Å². The zero-order chi connectivity index (χ0) is 22.4. The Morgan fingerprint density at radius 2 is 1.75 bits per heavy atom.